The van der Waals surface area contributed by atoms with Crippen LogP contribution < -0.4 is 10.6 Å². The van der Waals surface area contributed by atoms with Gasteiger partial charge in [0, 0.05) is 33.7 Å². The molecule has 0 aliphatic carbocycles. The van der Waals surface area contributed by atoms with Gasteiger partial charge in [-0.2, -0.15) is 0 Å². The Labute approximate surface area is 80.0 Å². The number of ether oxygens (including phenoxy) is 1. The number of rotatable bonds is 6. The van der Waals surface area contributed by atoms with E-state index in [4.69, 9.17) is 4.74 Å². The van der Waals surface area contributed by atoms with Crippen LogP contribution in [-0.4, -0.2) is 38.8 Å². The Kier molecular flexibility index (Phi) is 5.66. The van der Waals surface area contributed by atoms with Gasteiger partial charge in [-0.1, -0.05) is 0 Å². The maximum absolute atomic E-state index is 10.8. The molecule has 4 heteroatoms. The predicted octanol–water partition coefficient (Wildman–Crippen LogP) is 0.137. The summed E-state index contributed by atoms with van der Waals surface area (Å²) in [4.78, 5) is 10.8. The van der Waals surface area contributed by atoms with E-state index in [0.717, 1.165) is 6.54 Å². The molecule has 0 heterocycles. The van der Waals surface area contributed by atoms with Gasteiger partial charge in [0.15, 0.2) is 0 Å². The predicted molar refractivity (Wildman–Crippen MR) is 52.6 cm³/mol. The molecule has 4 nitrogen and oxygen atoms in total. The Morgan fingerprint density at radius 2 is 2.08 bits per heavy atom. The van der Waals surface area contributed by atoms with Crippen molar-refractivity contribution in [3.63, 3.8) is 0 Å². The van der Waals surface area contributed by atoms with E-state index in [1.165, 1.54) is 0 Å². The van der Waals surface area contributed by atoms with E-state index in [9.17, 15) is 4.79 Å². The molecule has 0 fully saturated rings. The minimum absolute atomic E-state index is 0.0581. The summed E-state index contributed by atoms with van der Waals surface area (Å²) in [6.07, 6.45) is 0.510. The standard InChI is InChI=1S/C9H20N2O2/c1-9(2,13-4)7-11-6-5-8(12)10-3/h11H,5-7H2,1-4H3,(H,10,12). The van der Waals surface area contributed by atoms with E-state index in [-0.39, 0.29) is 11.5 Å². The van der Waals surface area contributed by atoms with Gasteiger partial charge in [0.25, 0.3) is 0 Å². The van der Waals surface area contributed by atoms with E-state index >= 15 is 0 Å². The summed E-state index contributed by atoms with van der Waals surface area (Å²) < 4.78 is 5.21. The van der Waals surface area contributed by atoms with Crippen molar-refractivity contribution in [1.29, 1.82) is 0 Å². The second-order valence-electron chi connectivity index (χ2n) is 3.56. The SMILES string of the molecule is CNC(=O)CCNCC(C)(C)OC. The van der Waals surface area contributed by atoms with Crippen molar-refractivity contribution in [3.05, 3.63) is 0 Å². The van der Waals surface area contributed by atoms with Crippen LogP contribution in [0.3, 0.4) is 0 Å². The molecule has 0 aromatic heterocycles. The summed E-state index contributed by atoms with van der Waals surface area (Å²) in [6.45, 7) is 5.44. The minimum Gasteiger partial charge on any atom is -0.377 e. The van der Waals surface area contributed by atoms with Crippen LogP contribution in [0.15, 0.2) is 0 Å². The molecule has 0 rings (SSSR count). The maximum atomic E-state index is 10.8. The van der Waals surface area contributed by atoms with Gasteiger partial charge in [0.05, 0.1) is 5.60 Å². The fourth-order valence-corrected chi connectivity index (χ4v) is 0.789. The summed E-state index contributed by atoms with van der Waals surface area (Å²) in [7, 11) is 3.32. The first-order chi connectivity index (χ1) is 6.02. The smallest absolute Gasteiger partial charge is 0.221 e. The normalized spacial score (nSPS) is 11.4. The Balaban J connectivity index is 3.41. The van der Waals surface area contributed by atoms with Gasteiger partial charge in [0.1, 0.15) is 0 Å². The van der Waals surface area contributed by atoms with Crippen molar-refractivity contribution < 1.29 is 9.53 Å². The fraction of sp³-hybridized carbons (Fsp3) is 0.889. The number of carbonyl (C=O) groups excluding carboxylic acids is 1. The third-order valence-electron chi connectivity index (χ3n) is 1.91. The van der Waals surface area contributed by atoms with E-state index in [0.29, 0.717) is 13.0 Å². The van der Waals surface area contributed by atoms with Gasteiger partial charge >= 0.3 is 0 Å². The first kappa shape index (κ1) is 12.4. The molecule has 0 aromatic carbocycles. The van der Waals surface area contributed by atoms with Gasteiger partial charge < -0.3 is 15.4 Å². The summed E-state index contributed by atoms with van der Waals surface area (Å²) >= 11 is 0. The molecule has 0 saturated carbocycles. The van der Waals surface area contributed by atoms with Crippen LogP contribution in [0.4, 0.5) is 0 Å². The van der Waals surface area contributed by atoms with E-state index < -0.39 is 0 Å². The summed E-state index contributed by atoms with van der Waals surface area (Å²) in [5.41, 5.74) is -0.164. The van der Waals surface area contributed by atoms with Crippen LogP contribution in [0.1, 0.15) is 20.3 Å². The average molecular weight is 188 g/mol. The number of hydrogen-bond donors (Lipinski definition) is 2. The largest absolute Gasteiger partial charge is 0.377 e. The molecule has 0 aromatic rings. The van der Waals surface area contributed by atoms with E-state index in [2.05, 4.69) is 10.6 Å². The second-order valence-corrected chi connectivity index (χ2v) is 3.56. The van der Waals surface area contributed by atoms with Crippen LogP contribution >= 0.6 is 0 Å². The number of methoxy groups -OCH3 is 1. The lowest BCUT2D eigenvalue weighted by Gasteiger charge is -2.23. The monoisotopic (exact) mass is 188 g/mol. The zero-order valence-corrected chi connectivity index (χ0v) is 8.94. The number of nitrogens with one attached hydrogen (secondary N) is 2. The zero-order valence-electron chi connectivity index (χ0n) is 8.94. The fourth-order valence-electron chi connectivity index (χ4n) is 0.789. The third-order valence-corrected chi connectivity index (χ3v) is 1.91. The van der Waals surface area contributed by atoms with Gasteiger partial charge in [-0.15, -0.1) is 0 Å². The lowest BCUT2D eigenvalue weighted by Crippen LogP contribution is -2.38. The molecule has 2 N–H and O–H groups in total. The second kappa shape index (κ2) is 5.94. The average Bonchev–Trinajstić information content (AvgIpc) is 2.12. The maximum Gasteiger partial charge on any atom is 0.221 e. The van der Waals surface area contributed by atoms with Gasteiger partial charge in [-0.3, -0.25) is 4.79 Å². The molecule has 0 spiro atoms. The Bertz CT molecular complexity index is 158. The van der Waals surface area contributed by atoms with Crippen LogP contribution in [0, 0.1) is 0 Å². The number of amides is 1. The van der Waals surface area contributed by atoms with E-state index in [1.807, 2.05) is 13.8 Å². The highest BCUT2D eigenvalue weighted by Crippen LogP contribution is 2.04. The number of carbonyl (C=O) groups is 1. The van der Waals surface area contributed by atoms with Gasteiger partial charge in [0.2, 0.25) is 5.91 Å². The molecular formula is C9H20N2O2. The molecule has 0 aliphatic heterocycles. The molecule has 78 valence electrons. The van der Waals surface area contributed by atoms with Gasteiger partial charge in [-0.25, -0.2) is 0 Å². The van der Waals surface area contributed by atoms with Crippen LogP contribution in [0.5, 0.6) is 0 Å². The lowest BCUT2D eigenvalue weighted by molar-refractivity contribution is -0.120. The van der Waals surface area contributed by atoms with Crippen molar-refractivity contribution in [2.75, 3.05) is 27.2 Å². The Morgan fingerprint density at radius 1 is 1.46 bits per heavy atom. The zero-order chi connectivity index (χ0) is 10.3. The van der Waals surface area contributed by atoms with Crippen molar-refractivity contribution in [1.82, 2.24) is 10.6 Å². The number of hydrogen-bond acceptors (Lipinski definition) is 3. The van der Waals surface area contributed by atoms with Crippen molar-refractivity contribution in [2.45, 2.75) is 25.9 Å². The molecule has 0 saturated heterocycles. The van der Waals surface area contributed by atoms with Crippen molar-refractivity contribution >= 4 is 5.91 Å². The van der Waals surface area contributed by atoms with Crippen molar-refractivity contribution in [2.24, 2.45) is 0 Å². The molecule has 0 unspecified atom stereocenters. The lowest BCUT2D eigenvalue weighted by atomic mass is 10.1. The molecule has 0 aliphatic rings. The van der Waals surface area contributed by atoms with E-state index in [1.54, 1.807) is 14.2 Å². The van der Waals surface area contributed by atoms with Crippen LogP contribution in [-0.2, 0) is 9.53 Å². The molecule has 13 heavy (non-hydrogen) atoms. The summed E-state index contributed by atoms with van der Waals surface area (Å²) in [5.74, 6) is 0.0581. The van der Waals surface area contributed by atoms with Gasteiger partial charge in [-0.05, 0) is 13.8 Å². The Hall–Kier alpha value is -0.610. The summed E-state index contributed by atoms with van der Waals surface area (Å²) in [5, 5.41) is 5.72. The van der Waals surface area contributed by atoms with Crippen LogP contribution in [0.25, 0.3) is 0 Å². The first-order valence-corrected chi connectivity index (χ1v) is 4.48. The highest BCUT2D eigenvalue weighted by Gasteiger charge is 2.14. The molecule has 0 bridgehead atoms. The Morgan fingerprint density at radius 3 is 2.54 bits per heavy atom. The minimum atomic E-state index is -0.164. The first-order valence-electron chi connectivity index (χ1n) is 4.48. The molecule has 0 atom stereocenters. The molecular weight excluding hydrogens is 168 g/mol. The highest BCUT2D eigenvalue weighted by molar-refractivity contribution is 5.75. The molecule has 1 amide bonds. The van der Waals surface area contributed by atoms with Crippen LogP contribution in [0.2, 0.25) is 0 Å². The summed E-state index contributed by atoms with van der Waals surface area (Å²) in [6, 6.07) is 0. The molecule has 0 radical (unpaired) electrons. The highest BCUT2D eigenvalue weighted by atomic mass is 16.5. The topological polar surface area (TPSA) is 50.4 Å². The third kappa shape index (κ3) is 6.54. The van der Waals surface area contributed by atoms with Crippen molar-refractivity contribution in [3.8, 4) is 0 Å². The quantitative estimate of drug-likeness (QED) is 0.583.